The number of carbonyl (C=O) groups is 1. The summed E-state index contributed by atoms with van der Waals surface area (Å²) in [6, 6.07) is 21.3. The van der Waals surface area contributed by atoms with Crippen molar-refractivity contribution in [3.63, 3.8) is 0 Å². The third-order valence-corrected chi connectivity index (χ3v) is 7.87. The van der Waals surface area contributed by atoms with Crippen molar-refractivity contribution in [2.75, 3.05) is 0 Å². The van der Waals surface area contributed by atoms with Crippen LogP contribution in [0, 0.1) is 0 Å². The van der Waals surface area contributed by atoms with E-state index in [9.17, 15) is 22.8 Å². The predicted octanol–water partition coefficient (Wildman–Crippen LogP) is 2.39. The van der Waals surface area contributed by atoms with Gasteiger partial charge in [0.15, 0.2) is 0 Å². The van der Waals surface area contributed by atoms with Gasteiger partial charge in [0.2, 0.25) is 10.0 Å². The second-order valence-corrected chi connectivity index (χ2v) is 10.6. The molecule has 0 saturated heterocycles. The Morgan fingerprint density at radius 1 is 0.895 bits per heavy atom. The molecule has 38 heavy (non-hydrogen) atoms. The van der Waals surface area contributed by atoms with Gasteiger partial charge in [0.05, 0.1) is 15.8 Å². The number of nitrogens with one attached hydrogen (secondary N) is 2. The molecule has 4 rings (SSSR count). The SMILES string of the molecule is Cn1c(=O)n(CCCCC(NS(=O)(=O)c2ccc(-c3ccccc3)cc2)C(=O)NO)c(=O)c2ccccc21. The second kappa shape index (κ2) is 11.5. The molecule has 1 amide bonds. The Labute approximate surface area is 219 Å². The van der Waals surface area contributed by atoms with Crippen LogP contribution in [-0.4, -0.2) is 34.7 Å². The molecule has 1 heterocycles. The molecule has 1 aromatic heterocycles. The molecule has 3 aromatic carbocycles. The highest BCUT2D eigenvalue weighted by atomic mass is 32.2. The van der Waals surface area contributed by atoms with E-state index in [1.54, 1.807) is 43.4 Å². The number of hydrogen-bond donors (Lipinski definition) is 3. The van der Waals surface area contributed by atoms with Crippen molar-refractivity contribution in [2.45, 2.75) is 36.7 Å². The number of carbonyl (C=O) groups excluding carboxylic acids is 1. The molecule has 0 bridgehead atoms. The van der Waals surface area contributed by atoms with Crippen molar-refractivity contribution in [1.29, 1.82) is 0 Å². The number of benzene rings is 3. The van der Waals surface area contributed by atoms with Gasteiger partial charge in [-0.3, -0.25) is 23.9 Å². The van der Waals surface area contributed by atoms with Gasteiger partial charge in [-0.2, -0.15) is 4.72 Å². The molecule has 0 radical (unpaired) electrons. The number of fused-ring (bicyclic) bond motifs is 1. The maximum Gasteiger partial charge on any atom is 0.331 e. The summed E-state index contributed by atoms with van der Waals surface area (Å²) in [5.74, 6) is -0.909. The Hall–Kier alpha value is -4.06. The fraction of sp³-hybridized carbons (Fsp3) is 0.222. The first-order chi connectivity index (χ1) is 18.2. The zero-order chi connectivity index (χ0) is 27.3. The van der Waals surface area contributed by atoms with E-state index in [0.29, 0.717) is 23.7 Å². The predicted molar refractivity (Wildman–Crippen MR) is 143 cm³/mol. The minimum atomic E-state index is -4.08. The number of unbranched alkanes of at least 4 members (excludes halogenated alkanes) is 1. The Bertz CT molecular complexity index is 1660. The summed E-state index contributed by atoms with van der Waals surface area (Å²) in [4.78, 5) is 37.7. The average Bonchev–Trinajstić information content (AvgIpc) is 2.95. The van der Waals surface area contributed by atoms with Crippen LogP contribution < -0.4 is 21.5 Å². The minimum absolute atomic E-state index is 0.0286. The zero-order valence-electron chi connectivity index (χ0n) is 20.7. The van der Waals surface area contributed by atoms with Crippen LogP contribution in [-0.2, 0) is 28.4 Å². The van der Waals surface area contributed by atoms with Crippen molar-refractivity contribution < 1.29 is 18.4 Å². The summed E-state index contributed by atoms with van der Waals surface area (Å²) in [7, 11) is -2.49. The largest absolute Gasteiger partial charge is 0.331 e. The topological polar surface area (TPSA) is 140 Å². The van der Waals surface area contributed by atoms with Crippen molar-refractivity contribution in [3.05, 3.63) is 99.7 Å². The smallest absolute Gasteiger partial charge is 0.296 e. The Kier molecular flexibility index (Phi) is 8.20. The summed E-state index contributed by atoms with van der Waals surface area (Å²) >= 11 is 0. The number of sulfonamides is 1. The molecule has 3 N–H and O–H groups in total. The summed E-state index contributed by atoms with van der Waals surface area (Å²) in [6.07, 6.45) is 0.669. The maximum absolute atomic E-state index is 13.0. The van der Waals surface area contributed by atoms with E-state index in [-0.39, 0.29) is 17.9 Å². The van der Waals surface area contributed by atoms with E-state index in [2.05, 4.69) is 4.72 Å². The lowest BCUT2D eigenvalue weighted by molar-refractivity contribution is -0.131. The van der Waals surface area contributed by atoms with Gasteiger partial charge in [-0.1, -0.05) is 54.6 Å². The van der Waals surface area contributed by atoms with Gasteiger partial charge in [-0.25, -0.2) is 18.7 Å². The number of hydrogen-bond acceptors (Lipinski definition) is 6. The van der Waals surface area contributed by atoms with E-state index >= 15 is 0 Å². The molecule has 1 atom stereocenters. The first kappa shape index (κ1) is 27.0. The molecule has 1 unspecified atom stereocenters. The summed E-state index contributed by atoms with van der Waals surface area (Å²) in [6.45, 7) is 0.0947. The van der Waals surface area contributed by atoms with E-state index in [0.717, 1.165) is 15.7 Å². The third-order valence-electron chi connectivity index (χ3n) is 6.38. The van der Waals surface area contributed by atoms with Crippen molar-refractivity contribution in [1.82, 2.24) is 19.3 Å². The Balaban J connectivity index is 1.44. The maximum atomic E-state index is 13.0. The average molecular weight is 537 g/mol. The van der Waals surface area contributed by atoms with Crippen LogP contribution in [0.25, 0.3) is 22.0 Å². The summed E-state index contributed by atoms with van der Waals surface area (Å²) in [5.41, 5.74) is 2.93. The standard InChI is InChI=1S/C27H28N4O6S/c1-30-24-13-6-5-11-22(24)26(33)31(27(30)34)18-8-7-12-23(25(32)28-35)29-38(36,37)21-16-14-20(15-17-21)19-9-3-2-4-10-19/h2-6,9-11,13-17,23,29,35H,7-8,12,18H2,1H3,(H,28,32). The van der Waals surface area contributed by atoms with E-state index in [4.69, 9.17) is 5.21 Å². The molecule has 11 heteroatoms. The van der Waals surface area contributed by atoms with Crippen LogP contribution in [0.15, 0.2) is 93.3 Å². The lowest BCUT2D eigenvalue weighted by Crippen LogP contribution is -2.45. The van der Waals surface area contributed by atoms with Crippen molar-refractivity contribution in [3.8, 4) is 11.1 Å². The number of amides is 1. The fourth-order valence-corrected chi connectivity index (χ4v) is 5.54. The second-order valence-electron chi connectivity index (χ2n) is 8.85. The van der Waals surface area contributed by atoms with Crippen LogP contribution in [0.5, 0.6) is 0 Å². The number of para-hydroxylation sites is 1. The first-order valence-corrected chi connectivity index (χ1v) is 13.5. The lowest BCUT2D eigenvalue weighted by Gasteiger charge is -2.17. The summed E-state index contributed by atoms with van der Waals surface area (Å²) in [5, 5.41) is 9.56. The molecule has 0 spiro atoms. The van der Waals surface area contributed by atoms with Gasteiger partial charge >= 0.3 is 5.69 Å². The first-order valence-electron chi connectivity index (χ1n) is 12.0. The highest BCUT2D eigenvalue weighted by Gasteiger charge is 2.25. The van der Waals surface area contributed by atoms with Crippen molar-refractivity contribution in [2.24, 2.45) is 7.05 Å². The molecule has 198 valence electrons. The molecular weight excluding hydrogens is 508 g/mol. The molecule has 0 aliphatic rings. The molecule has 0 saturated carbocycles. The van der Waals surface area contributed by atoms with Gasteiger partial charge in [-0.15, -0.1) is 0 Å². The molecule has 10 nitrogen and oxygen atoms in total. The van der Waals surface area contributed by atoms with Crippen LogP contribution in [0.2, 0.25) is 0 Å². The molecule has 0 aliphatic carbocycles. The minimum Gasteiger partial charge on any atom is -0.296 e. The number of rotatable bonds is 10. The van der Waals surface area contributed by atoms with Crippen LogP contribution >= 0.6 is 0 Å². The van der Waals surface area contributed by atoms with Crippen molar-refractivity contribution >= 4 is 26.8 Å². The van der Waals surface area contributed by atoms with E-state index in [1.165, 1.54) is 22.2 Å². The molecule has 4 aromatic rings. The number of hydroxylamine groups is 1. The van der Waals surface area contributed by atoms with Gasteiger partial charge in [0, 0.05) is 13.6 Å². The van der Waals surface area contributed by atoms with Gasteiger partial charge in [-0.05, 0) is 54.7 Å². The van der Waals surface area contributed by atoms with E-state index in [1.807, 2.05) is 30.3 Å². The monoisotopic (exact) mass is 536 g/mol. The molecule has 0 aliphatic heterocycles. The van der Waals surface area contributed by atoms with Gasteiger partial charge < -0.3 is 0 Å². The third kappa shape index (κ3) is 5.75. The van der Waals surface area contributed by atoms with Gasteiger partial charge in [0.25, 0.3) is 11.5 Å². The van der Waals surface area contributed by atoms with Gasteiger partial charge in [0.1, 0.15) is 6.04 Å². The fourth-order valence-electron chi connectivity index (χ4n) is 4.31. The summed E-state index contributed by atoms with van der Waals surface area (Å²) < 4.78 is 30.8. The highest BCUT2D eigenvalue weighted by molar-refractivity contribution is 7.89. The van der Waals surface area contributed by atoms with Crippen LogP contribution in [0.3, 0.4) is 0 Å². The zero-order valence-corrected chi connectivity index (χ0v) is 21.5. The molecular formula is C27H28N4O6S. The van der Waals surface area contributed by atoms with Crippen LogP contribution in [0.4, 0.5) is 0 Å². The lowest BCUT2D eigenvalue weighted by atomic mass is 10.1. The number of nitrogens with zero attached hydrogens (tertiary/aromatic N) is 2. The Morgan fingerprint density at radius 2 is 1.53 bits per heavy atom. The normalized spacial score (nSPS) is 12.4. The molecule has 0 fully saturated rings. The number of aromatic nitrogens is 2. The quantitative estimate of drug-likeness (QED) is 0.162. The highest BCUT2D eigenvalue weighted by Crippen LogP contribution is 2.21. The Morgan fingerprint density at radius 3 is 2.21 bits per heavy atom. The number of aryl methyl sites for hydroxylation is 1. The van der Waals surface area contributed by atoms with E-state index < -0.39 is 33.2 Å². The van der Waals surface area contributed by atoms with Crippen LogP contribution in [0.1, 0.15) is 19.3 Å².